The van der Waals surface area contributed by atoms with E-state index in [0.29, 0.717) is 6.04 Å². The quantitative estimate of drug-likeness (QED) is 0.651. The third-order valence-electron chi connectivity index (χ3n) is 3.07. The minimum Gasteiger partial charge on any atom is -0.271 e. The van der Waals surface area contributed by atoms with Crippen LogP contribution in [0.1, 0.15) is 36.4 Å². The molecule has 82 valence electrons. The lowest BCUT2D eigenvalue weighted by atomic mass is 9.97. The Hall–Kier alpha value is -0.380. The van der Waals surface area contributed by atoms with Crippen LogP contribution in [0.15, 0.2) is 22.7 Å². The highest BCUT2D eigenvalue weighted by Crippen LogP contribution is 2.38. The van der Waals surface area contributed by atoms with Crippen molar-refractivity contribution in [1.82, 2.24) is 5.43 Å². The van der Waals surface area contributed by atoms with Crippen LogP contribution in [0.2, 0.25) is 0 Å². The molecule has 0 aliphatic heterocycles. The maximum Gasteiger partial charge on any atom is 0.0465 e. The van der Waals surface area contributed by atoms with Gasteiger partial charge in [0.25, 0.3) is 0 Å². The van der Waals surface area contributed by atoms with Gasteiger partial charge in [0.1, 0.15) is 0 Å². The summed E-state index contributed by atoms with van der Waals surface area (Å²) in [5, 5.41) is 0. The topological polar surface area (TPSA) is 38.0 Å². The molecule has 1 aliphatic rings. The molecule has 0 spiro atoms. The second kappa shape index (κ2) is 4.64. The van der Waals surface area contributed by atoms with Gasteiger partial charge in [0.05, 0.1) is 0 Å². The van der Waals surface area contributed by atoms with E-state index >= 15 is 0 Å². The van der Waals surface area contributed by atoms with E-state index in [1.165, 1.54) is 30.4 Å². The molecule has 3 N–H and O–H groups in total. The van der Waals surface area contributed by atoms with Crippen molar-refractivity contribution < 1.29 is 0 Å². The Morgan fingerprint density at radius 3 is 2.80 bits per heavy atom. The van der Waals surface area contributed by atoms with Crippen LogP contribution < -0.4 is 11.3 Å². The molecule has 3 heteroatoms. The zero-order chi connectivity index (χ0) is 10.8. The molecule has 15 heavy (non-hydrogen) atoms. The van der Waals surface area contributed by atoms with Gasteiger partial charge in [-0.15, -0.1) is 0 Å². The van der Waals surface area contributed by atoms with Crippen molar-refractivity contribution >= 4 is 15.9 Å². The molecule has 1 unspecified atom stereocenters. The first kappa shape index (κ1) is 11.1. The van der Waals surface area contributed by atoms with Crippen LogP contribution in [0, 0.1) is 12.8 Å². The molecular formula is C12H17BrN2. The third-order valence-corrected chi connectivity index (χ3v) is 3.57. The Kier molecular flexibility index (Phi) is 3.44. The van der Waals surface area contributed by atoms with E-state index in [0.717, 1.165) is 10.4 Å². The number of aryl methyl sites for hydroxylation is 1. The molecule has 0 amide bonds. The van der Waals surface area contributed by atoms with Crippen molar-refractivity contribution in [3.8, 4) is 0 Å². The van der Waals surface area contributed by atoms with Gasteiger partial charge in [-0.2, -0.15) is 0 Å². The van der Waals surface area contributed by atoms with Gasteiger partial charge in [0, 0.05) is 10.5 Å². The van der Waals surface area contributed by atoms with Crippen molar-refractivity contribution in [2.75, 3.05) is 0 Å². The molecule has 1 aliphatic carbocycles. The van der Waals surface area contributed by atoms with Crippen molar-refractivity contribution in [1.29, 1.82) is 0 Å². The second-order valence-electron chi connectivity index (χ2n) is 4.40. The van der Waals surface area contributed by atoms with E-state index in [1.54, 1.807) is 0 Å². The maximum atomic E-state index is 5.63. The largest absolute Gasteiger partial charge is 0.271 e. The molecular weight excluding hydrogens is 252 g/mol. The van der Waals surface area contributed by atoms with Crippen molar-refractivity contribution in [3.63, 3.8) is 0 Å². The first-order valence-corrected chi connectivity index (χ1v) is 6.22. The normalized spacial score (nSPS) is 17.8. The Morgan fingerprint density at radius 2 is 2.27 bits per heavy atom. The van der Waals surface area contributed by atoms with E-state index in [1.807, 2.05) is 0 Å². The fourth-order valence-corrected chi connectivity index (χ4v) is 2.48. The molecule has 2 rings (SSSR count). The number of nitrogens with two attached hydrogens (primary N) is 1. The standard InChI is InChI=1S/C12H17BrN2/c1-8-6-10(13)4-5-11(8)12(15-14)7-9-2-3-9/h4-6,9,12,15H,2-3,7,14H2,1H3. The summed E-state index contributed by atoms with van der Waals surface area (Å²) in [6.07, 6.45) is 3.90. The van der Waals surface area contributed by atoms with Crippen molar-refractivity contribution in [2.45, 2.75) is 32.2 Å². The molecule has 0 aromatic heterocycles. The number of benzene rings is 1. The fraction of sp³-hybridized carbons (Fsp3) is 0.500. The fourth-order valence-electron chi connectivity index (χ4n) is 2.00. The summed E-state index contributed by atoms with van der Waals surface area (Å²) < 4.78 is 1.13. The molecule has 2 nitrogen and oxygen atoms in total. The van der Waals surface area contributed by atoms with Crippen molar-refractivity contribution in [3.05, 3.63) is 33.8 Å². The van der Waals surface area contributed by atoms with Gasteiger partial charge in [0.15, 0.2) is 0 Å². The molecule has 1 aromatic carbocycles. The van der Waals surface area contributed by atoms with Gasteiger partial charge >= 0.3 is 0 Å². The van der Waals surface area contributed by atoms with Gasteiger partial charge in [-0.05, 0) is 42.5 Å². The molecule has 0 radical (unpaired) electrons. The Labute approximate surface area is 99.3 Å². The summed E-state index contributed by atoms with van der Waals surface area (Å²) in [6, 6.07) is 6.70. The van der Waals surface area contributed by atoms with Crippen LogP contribution in [0.4, 0.5) is 0 Å². The van der Waals surface area contributed by atoms with Gasteiger partial charge < -0.3 is 0 Å². The van der Waals surface area contributed by atoms with Crippen LogP contribution in [-0.4, -0.2) is 0 Å². The van der Waals surface area contributed by atoms with Gasteiger partial charge in [-0.25, -0.2) is 0 Å². The molecule has 0 bridgehead atoms. The van der Waals surface area contributed by atoms with Gasteiger partial charge in [-0.3, -0.25) is 11.3 Å². The van der Waals surface area contributed by atoms with E-state index < -0.39 is 0 Å². The highest BCUT2D eigenvalue weighted by molar-refractivity contribution is 9.10. The Morgan fingerprint density at radius 1 is 1.53 bits per heavy atom. The maximum absolute atomic E-state index is 5.63. The smallest absolute Gasteiger partial charge is 0.0465 e. The molecule has 1 fully saturated rings. The zero-order valence-electron chi connectivity index (χ0n) is 8.96. The predicted octanol–water partition coefficient (Wildman–Crippen LogP) is 3.06. The lowest BCUT2D eigenvalue weighted by molar-refractivity contribution is 0.485. The van der Waals surface area contributed by atoms with Crippen LogP contribution in [-0.2, 0) is 0 Å². The summed E-state index contributed by atoms with van der Waals surface area (Å²) in [4.78, 5) is 0. The van der Waals surface area contributed by atoms with Crippen LogP contribution in [0.5, 0.6) is 0 Å². The second-order valence-corrected chi connectivity index (χ2v) is 5.31. The highest BCUT2D eigenvalue weighted by atomic mass is 79.9. The number of nitrogens with one attached hydrogen (secondary N) is 1. The monoisotopic (exact) mass is 268 g/mol. The lowest BCUT2D eigenvalue weighted by Crippen LogP contribution is -2.28. The molecule has 1 saturated carbocycles. The SMILES string of the molecule is Cc1cc(Br)ccc1C(CC1CC1)NN. The van der Waals surface area contributed by atoms with E-state index in [-0.39, 0.29) is 0 Å². The van der Waals surface area contributed by atoms with Gasteiger partial charge in [0.2, 0.25) is 0 Å². The number of hydrazine groups is 1. The molecule has 0 heterocycles. The number of rotatable bonds is 4. The average Bonchev–Trinajstić information content (AvgIpc) is 2.99. The van der Waals surface area contributed by atoms with Crippen LogP contribution in [0.3, 0.4) is 0 Å². The summed E-state index contributed by atoms with van der Waals surface area (Å²) in [6.45, 7) is 2.14. The van der Waals surface area contributed by atoms with Crippen LogP contribution in [0.25, 0.3) is 0 Å². The highest BCUT2D eigenvalue weighted by Gasteiger charge is 2.26. The first-order valence-electron chi connectivity index (χ1n) is 5.43. The number of halogens is 1. The third kappa shape index (κ3) is 2.80. The van der Waals surface area contributed by atoms with E-state index in [2.05, 4.69) is 46.5 Å². The minimum absolute atomic E-state index is 0.311. The molecule has 0 saturated heterocycles. The predicted molar refractivity (Wildman–Crippen MR) is 66.3 cm³/mol. The Balaban J connectivity index is 2.16. The number of hydrogen-bond acceptors (Lipinski definition) is 2. The van der Waals surface area contributed by atoms with E-state index in [9.17, 15) is 0 Å². The van der Waals surface area contributed by atoms with Crippen LogP contribution >= 0.6 is 15.9 Å². The summed E-state index contributed by atoms with van der Waals surface area (Å²) in [5.41, 5.74) is 5.56. The minimum atomic E-state index is 0.311. The molecule has 1 atom stereocenters. The Bertz CT molecular complexity index is 347. The molecule has 1 aromatic rings. The lowest BCUT2D eigenvalue weighted by Gasteiger charge is -2.18. The first-order chi connectivity index (χ1) is 7.20. The van der Waals surface area contributed by atoms with E-state index in [4.69, 9.17) is 5.84 Å². The van der Waals surface area contributed by atoms with Gasteiger partial charge in [-0.1, -0.05) is 34.8 Å². The van der Waals surface area contributed by atoms with Crippen molar-refractivity contribution in [2.24, 2.45) is 11.8 Å². The summed E-state index contributed by atoms with van der Waals surface area (Å²) >= 11 is 3.48. The summed E-state index contributed by atoms with van der Waals surface area (Å²) in [5.74, 6) is 6.51. The zero-order valence-corrected chi connectivity index (χ0v) is 10.5. The summed E-state index contributed by atoms with van der Waals surface area (Å²) in [7, 11) is 0. The number of hydrogen-bond donors (Lipinski definition) is 2. The average molecular weight is 269 g/mol.